The molecule has 2 N–H and O–H groups in total. The first-order valence-electron chi connectivity index (χ1n) is 18.4. The van der Waals surface area contributed by atoms with Gasteiger partial charge in [-0.3, -0.25) is 28.9 Å². The average molecular weight is 705 g/mol. The van der Waals surface area contributed by atoms with Crippen LogP contribution in [0.5, 0.6) is 0 Å². The van der Waals surface area contributed by atoms with E-state index in [2.05, 4.69) is 27.8 Å². The molecule has 3 aliphatic rings. The molecule has 276 valence electrons. The molecule has 2 aliphatic carbocycles. The Labute approximate surface area is 299 Å². The molecule has 1 aromatic carbocycles. The number of esters is 1. The molecule has 2 heterocycles. The number of rotatable bonds is 20. The number of nitrogens with one attached hydrogen (secondary N) is 1. The summed E-state index contributed by atoms with van der Waals surface area (Å²) in [5.74, 6) is -0.785. The average Bonchev–Trinajstić information content (AvgIpc) is 3.91. The fourth-order valence-corrected chi connectivity index (χ4v) is 7.66. The molecule has 0 spiro atoms. The van der Waals surface area contributed by atoms with Crippen molar-refractivity contribution in [3.8, 4) is 0 Å². The van der Waals surface area contributed by atoms with Crippen molar-refractivity contribution in [2.45, 2.75) is 84.7 Å². The monoisotopic (exact) mass is 704 g/mol. The Balaban J connectivity index is 1.20. The van der Waals surface area contributed by atoms with Crippen LogP contribution >= 0.6 is 0 Å². The Bertz CT molecular complexity index is 1540. The molecule has 1 saturated carbocycles. The molecular formula is C38H52N6O7. The van der Waals surface area contributed by atoms with E-state index in [1.807, 2.05) is 44.2 Å². The molecule has 2 fully saturated rings. The van der Waals surface area contributed by atoms with Gasteiger partial charge in [0.1, 0.15) is 5.69 Å². The Morgan fingerprint density at radius 1 is 1.02 bits per heavy atom. The number of carbonyl (C=O) groups excluding carboxylic acids is 5. The fraction of sp³-hybridized carbons (Fsp3) is 0.605. The lowest BCUT2D eigenvalue weighted by atomic mass is 9.83. The third-order valence-electron chi connectivity index (χ3n) is 10.4. The van der Waals surface area contributed by atoms with E-state index in [0.29, 0.717) is 50.9 Å². The van der Waals surface area contributed by atoms with Crippen LogP contribution in [-0.2, 0) is 35.3 Å². The van der Waals surface area contributed by atoms with Crippen LogP contribution in [0.2, 0.25) is 0 Å². The quantitative estimate of drug-likeness (QED) is 0.0910. The van der Waals surface area contributed by atoms with E-state index >= 15 is 0 Å². The molecule has 1 saturated heterocycles. The number of hydrogen-bond donors (Lipinski definition) is 2. The summed E-state index contributed by atoms with van der Waals surface area (Å²) in [7, 11) is 0. The van der Waals surface area contributed by atoms with E-state index in [0.717, 1.165) is 12.0 Å². The predicted octanol–water partition coefficient (Wildman–Crippen LogP) is 3.43. The van der Waals surface area contributed by atoms with Gasteiger partial charge in [0, 0.05) is 39.1 Å². The van der Waals surface area contributed by atoms with Crippen LogP contribution in [-0.4, -0.2) is 92.3 Å². The zero-order chi connectivity index (χ0) is 36.5. The molecule has 1 aromatic heterocycles. The first-order chi connectivity index (χ1) is 24.5. The maximum absolute atomic E-state index is 13.6. The Morgan fingerprint density at radius 2 is 1.73 bits per heavy atom. The van der Waals surface area contributed by atoms with Gasteiger partial charge in [-0.25, -0.2) is 4.68 Å². The summed E-state index contributed by atoms with van der Waals surface area (Å²) < 4.78 is 7.06. The summed E-state index contributed by atoms with van der Waals surface area (Å²) in [5.41, 5.74) is 0.682. The number of aliphatic hydroxyl groups excluding tert-OH is 1. The SMILES string of the molecule is CCOC(=O)C(C)(C)CC(c1ccccc1)n1cc(CN(CCC(=O)NCCCO)C(=O)CCCCCN2C(=O)[C@@H]3[C@H](C2=O)[C@H]2C=C[C@@H]3C2)nn1. The smallest absolute Gasteiger partial charge is 0.311 e. The molecule has 51 heavy (non-hydrogen) atoms. The number of amides is 4. The van der Waals surface area contributed by atoms with Gasteiger partial charge in [-0.2, -0.15) is 0 Å². The number of ether oxygens (including phenoxy) is 1. The maximum atomic E-state index is 13.6. The van der Waals surface area contributed by atoms with E-state index in [9.17, 15) is 24.0 Å². The Kier molecular flexibility index (Phi) is 12.8. The Hall–Kier alpha value is -4.39. The van der Waals surface area contributed by atoms with E-state index in [-0.39, 0.29) is 98.5 Å². The van der Waals surface area contributed by atoms with Crippen molar-refractivity contribution in [3.05, 3.63) is 59.9 Å². The number of fused-ring (bicyclic) bond motifs is 5. The lowest BCUT2D eigenvalue weighted by Crippen LogP contribution is -2.35. The highest BCUT2D eigenvalue weighted by atomic mass is 16.5. The van der Waals surface area contributed by atoms with E-state index in [1.54, 1.807) is 22.7 Å². The molecule has 13 heteroatoms. The second-order valence-corrected chi connectivity index (χ2v) is 14.6. The minimum absolute atomic E-state index is 0.0268. The molecule has 4 amide bonds. The fourth-order valence-electron chi connectivity index (χ4n) is 7.66. The van der Waals surface area contributed by atoms with Gasteiger partial charge in [0.15, 0.2) is 0 Å². The standard InChI is InChI=1S/C38H52N6O7/c1-4-51-37(50)38(2,3)23-30(26-12-7-5-8-13-26)44-25-29(40-41-44)24-42(20-17-31(46)39-18-11-21-45)32(47)14-9-6-10-19-43-35(48)33-27-15-16-28(22-27)34(33)36(43)49/h5,7-8,12-13,15-16,25,27-28,30,33-34,45H,4,6,9-11,14,17-24H2,1-3H3,(H,39,46)/t27-,28+,30?,33+,34-. The lowest BCUT2D eigenvalue weighted by Gasteiger charge is -2.28. The predicted molar refractivity (Wildman–Crippen MR) is 187 cm³/mol. The highest BCUT2D eigenvalue weighted by Gasteiger charge is 2.58. The van der Waals surface area contributed by atoms with E-state index in [4.69, 9.17) is 9.84 Å². The number of likely N-dealkylation sites (tertiary alicyclic amines) is 1. The molecule has 1 aliphatic heterocycles. The molecular weight excluding hydrogens is 652 g/mol. The minimum Gasteiger partial charge on any atom is -0.466 e. The Morgan fingerprint density at radius 3 is 2.39 bits per heavy atom. The van der Waals surface area contributed by atoms with E-state index < -0.39 is 5.41 Å². The molecule has 2 bridgehead atoms. The number of nitrogens with zero attached hydrogens (tertiary/aromatic N) is 5. The maximum Gasteiger partial charge on any atom is 0.311 e. The number of unbranched alkanes of at least 4 members (excludes halogenated alkanes) is 2. The van der Waals surface area contributed by atoms with Crippen molar-refractivity contribution in [1.82, 2.24) is 30.1 Å². The van der Waals surface area contributed by atoms with Crippen LogP contribution in [0.15, 0.2) is 48.7 Å². The molecule has 5 atom stereocenters. The number of hydrogen-bond acceptors (Lipinski definition) is 9. The molecule has 13 nitrogen and oxygen atoms in total. The number of carbonyl (C=O) groups is 5. The highest BCUT2D eigenvalue weighted by molar-refractivity contribution is 6.06. The van der Waals surface area contributed by atoms with Crippen molar-refractivity contribution in [2.24, 2.45) is 29.1 Å². The second-order valence-electron chi connectivity index (χ2n) is 14.6. The first-order valence-corrected chi connectivity index (χ1v) is 18.4. The third kappa shape index (κ3) is 9.10. The molecule has 5 rings (SSSR count). The van der Waals surface area contributed by atoms with Crippen LogP contribution in [0, 0.1) is 29.1 Å². The van der Waals surface area contributed by atoms with Crippen molar-refractivity contribution in [3.63, 3.8) is 0 Å². The first kappa shape index (κ1) is 37.9. The van der Waals surface area contributed by atoms with Gasteiger partial charge >= 0.3 is 5.97 Å². The third-order valence-corrected chi connectivity index (χ3v) is 10.4. The highest BCUT2D eigenvalue weighted by Crippen LogP contribution is 2.52. The zero-order valence-electron chi connectivity index (χ0n) is 30.0. The minimum atomic E-state index is -0.806. The lowest BCUT2D eigenvalue weighted by molar-refractivity contribution is -0.154. The van der Waals surface area contributed by atoms with Gasteiger partial charge in [-0.15, -0.1) is 5.10 Å². The summed E-state index contributed by atoms with van der Waals surface area (Å²) >= 11 is 0. The van der Waals surface area contributed by atoms with Gasteiger partial charge < -0.3 is 20.1 Å². The van der Waals surface area contributed by atoms with Crippen LogP contribution in [0.1, 0.15) is 89.4 Å². The van der Waals surface area contributed by atoms with Gasteiger partial charge in [-0.05, 0) is 70.3 Å². The summed E-state index contributed by atoms with van der Waals surface area (Å²) in [4.78, 5) is 68.0. The second kappa shape index (κ2) is 17.2. The largest absolute Gasteiger partial charge is 0.466 e. The summed E-state index contributed by atoms with van der Waals surface area (Å²) in [5, 5.41) is 20.6. The van der Waals surface area contributed by atoms with Gasteiger partial charge in [0.2, 0.25) is 23.6 Å². The number of benzene rings is 1. The summed E-state index contributed by atoms with van der Waals surface area (Å²) in [6, 6.07) is 9.40. The van der Waals surface area contributed by atoms with Crippen molar-refractivity contribution in [1.29, 1.82) is 0 Å². The van der Waals surface area contributed by atoms with Crippen LogP contribution in [0.4, 0.5) is 0 Å². The summed E-state index contributed by atoms with van der Waals surface area (Å²) in [6.07, 6.45) is 9.90. The van der Waals surface area contributed by atoms with Gasteiger partial charge in [-0.1, -0.05) is 54.1 Å². The van der Waals surface area contributed by atoms with E-state index in [1.165, 1.54) is 4.90 Å². The number of imide groups is 1. The number of aliphatic hydroxyl groups is 1. The van der Waals surface area contributed by atoms with Crippen LogP contribution in [0.25, 0.3) is 0 Å². The van der Waals surface area contributed by atoms with Gasteiger partial charge in [0.25, 0.3) is 0 Å². The topological polar surface area (TPSA) is 164 Å². The van der Waals surface area contributed by atoms with Crippen LogP contribution in [0.3, 0.4) is 0 Å². The molecule has 0 radical (unpaired) electrons. The van der Waals surface area contributed by atoms with Crippen molar-refractivity contribution in [2.75, 3.05) is 32.8 Å². The molecule has 1 unspecified atom stereocenters. The zero-order valence-corrected chi connectivity index (χ0v) is 30.0. The number of aromatic nitrogens is 3. The summed E-state index contributed by atoms with van der Waals surface area (Å²) in [6.45, 7) is 6.76. The molecule has 2 aromatic rings. The van der Waals surface area contributed by atoms with Crippen LogP contribution < -0.4 is 5.32 Å². The normalized spacial score (nSPS) is 21.2. The van der Waals surface area contributed by atoms with Gasteiger partial charge in [0.05, 0.1) is 42.6 Å². The van der Waals surface area contributed by atoms with Crippen molar-refractivity contribution >= 4 is 29.6 Å². The van der Waals surface area contributed by atoms with Crippen molar-refractivity contribution < 1.29 is 33.8 Å². The number of allylic oxidation sites excluding steroid dienone is 2.